The van der Waals surface area contributed by atoms with Gasteiger partial charge in [-0.3, -0.25) is 0 Å². The molecule has 0 bridgehead atoms. The lowest BCUT2D eigenvalue weighted by molar-refractivity contribution is 0.632. The molecule has 0 radical (unpaired) electrons. The van der Waals surface area contributed by atoms with Crippen LogP contribution in [0.1, 0.15) is 86.1 Å². The molecule has 2 nitrogen and oxygen atoms in total. The van der Waals surface area contributed by atoms with Gasteiger partial charge in [-0.2, -0.15) is 0 Å². The van der Waals surface area contributed by atoms with Crippen LogP contribution in [0.2, 0.25) is 0 Å². The Kier molecular flexibility index (Phi) is 6.65. The number of hydrogen-bond donors (Lipinski definition) is 1. The lowest BCUT2D eigenvalue weighted by Gasteiger charge is -2.42. The lowest BCUT2D eigenvalue weighted by atomic mass is 9.72. The monoisotopic (exact) mass is 684 g/mol. The van der Waals surface area contributed by atoms with Crippen molar-refractivity contribution in [2.75, 3.05) is 10.2 Å². The van der Waals surface area contributed by atoms with Gasteiger partial charge in [-0.15, -0.1) is 0 Å². The molecule has 7 aromatic rings. The highest BCUT2D eigenvalue weighted by Crippen LogP contribution is 2.55. The maximum Gasteiger partial charge on any atom is 0.0503 e. The summed E-state index contributed by atoms with van der Waals surface area (Å²) in [6.07, 6.45) is 4.58. The molecule has 0 unspecified atom stereocenters. The number of nitrogens with one attached hydrogen (secondary N) is 1. The van der Waals surface area contributed by atoms with E-state index in [-0.39, 0.29) is 16.2 Å². The van der Waals surface area contributed by atoms with E-state index in [0.717, 1.165) is 0 Å². The molecular formula is C51H44N2. The summed E-state index contributed by atoms with van der Waals surface area (Å²) in [7, 11) is 0. The molecule has 10 rings (SSSR count). The van der Waals surface area contributed by atoms with Gasteiger partial charge >= 0.3 is 0 Å². The lowest BCUT2D eigenvalue weighted by Crippen LogP contribution is -2.30. The summed E-state index contributed by atoms with van der Waals surface area (Å²) < 4.78 is 0. The molecule has 53 heavy (non-hydrogen) atoms. The molecule has 7 aromatic carbocycles. The molecule has 258 valence electrons. The average Bonchev–Trinajstić information content (AvgIpc) is 3.38. The van der Waals surface area contributed by atoms with Crippen molar-refractivity contribution < 1.29 is 0 Å². The van der Waals surface area contributed by atoms with Crippen molar-refractivity contribution in [3.8, 4) is 11.1 Å². The molecule has 1 N–H and O–H groups in total. The first-order valence-electron chi connectivity index (χ1n) is 18.9. The van der Waals surface area contributed by atoms with Gasteiger partial charge in [0, 0.05) is 33.3 Å². The summed E-state index contributed by atoms with van der Waals surface area (Å²) >= 11 is 0. The third-order valence-corrected chi connectivity index (χ3v) is 12.6. The molecule has 0 atom stereocenters. The molecule has 2 heteroatoms. The molecule has 0 amide bonds. The largest absolute Gasteiger partial charge is 0.355 e. The minimum atomic E-state index is -0.156. The van der Waals surface area contributed by atoms with Gasteiger partial charge in [0.05, 0.1) is 11.4 Å². The Hall–Kier alpha value is -5.86. The SMILES string of the molecule is CC1(C)c2ccccc2Nc2cc3c(cc21)-c1ccc(/C=C/c2ccc4c(c2)C(C)(C)c2ccccc2N4c2ccc4ccccc4c2)cc1C3(C)C. The summed E-state index contributed by atoms with van der Waals surface area (Å²) in [6, 6.07) is 52.0. The Bertz CT molecular complexity index is 2690. The van der Waals surface area contributed by atoms with Crippen molar-refractivity contribution in [1.29, 1.82) is 0 Å². The van der Waals surface area contributed by atoms with Gasteiger partial charge < -0.3 is 10.2 Å². The van der Waals surface area contributed by atoms with Crippen LogP contribution in [0.4, 0.5) is 28.4 Å². The van der Waals surface area contributed by atoms with Crippen LogP contribution in [0, 0.1) is 0 Å². The van der Waals surface area contributed by atoms with E-state index in [2.05, 4.69) is 203 Å². The Morgan fingerprint density at radius 1 is 0.415 bits per heavy atom. The molecule has 0 spiro atoms. The van der Waals surface area contributed by atoms with Crippen molar-refractivity contribution in [3.63, 3.8) is 0 Å². The van der Waals surface area contributed by atoms with Crippen molar-refractivity contribution in [2.45, 2.75) is 57.8 Å². The highest BCUT2D eigenvalue weighted by atomic mass is 15.2. The minimum Gasteiger partial charge on any atom is -0.355 e. The Morgan fingerprint density at radius 2 is 1.02 bits per heavy atom. The Labute approximate surface area is 313 Å². The number of hydrogen-bond acceptors (Lipinski definition) is 2. The summed E-state index contributed by atoms with van der Waals surface area (Å²) in [5, 5.41) is 6.28. The van der Waals surface area contributed by atoms with E-state index in [9.17, 15) is 0 Å². The van der Waals surface area contributed by atoms with Crippen LogP contribution < -0.4 is 10.2 Å². The quantitative estimate of drug-likeness (QED) is 0.186. The zero-order valence-corrected chi connectivity index (χ0v) is 31.4. The molecular weight excluding hydrogens is 641 g/mol. The summed E-state index contributed by atoms with van der Waals surface area (Å²) in [4.78, 5) is 2.45. The third-order valence-electron chi connectivity index (χ3n) is 12.6. The number of nitrogens with zero attached hydrogens (tertiary/aromatic N) is 1. The summed E-state index contributed by atoms with van der Waals surface area (Å²) in [6.45, 7) is 14.2. The van der Waals surface area contributed by atoms with Gasteiger partial charge in [0.25, 0.3) is 0 Å². The minimum absolute atomic E-state index is 0.0835. The van der Waals surface area contributed by atoms with Gasteiger partial charge in [-0.05, 0) is 115 Å². The third kappa shape index (κ3) is 4.64. The molecule has 3 aliphatic rings. The van der Waals surface area contributed by atoms with Gasteiger partial charge in [-0.25, -0.2) is 0 Å². The van der Waals surface area contributed by atoms with E-state index in [4.69, 9.17) is 0 Å². The fraction of sp³-hybridized carbons (Fsp3) is 0.176. The normalized spacial score (nSPS) is 16.6. The second-order valence-corrected chi connectivity index (χ2v) is 16.8. The standard InChI is InChI=1S/C51H44N2/c1-49(2)39-15-9-11-17-45(39)52-46-31-42-38(30-43(46)49)37-25-21-32(27-41(37)51(42,5)6)19-20-33-22-26-48-44(28-33)50(3,4)40-16-10-12-18-47(40)53(48)36-24-23-34-13-7-8-14-35(34)29-36/h7-31,52H,1-6H3/b20-19+. The summed E-state index contributed by atoms with van der Waals surface area (Å²) in [5.41, 5.74) is 19.1. The molecule has 0 saturated heterocycles. The van der Waals surface area contributed by atoms with Crippen LogP contribution in [0.5, 0.6) is 0 Å². The van der Waals surface area contributed by atoms with Crippen LogP contribution in [-0.2, 0) is 16.2 Å². The van der Waals surface area contributed by atoms with Crippen molar-refractivity contribution in [2.24, 2.45) is 0 Å². The van der Waals surface area contributed by atoms with E-state index >= 15 is 0 Å². The number of anilines is 5. The fourth-order valence-electron chi connectivity index (χ4n) is 9.56. The predicted molar refractivity (Wildman–Crippen MR) is 226 cm³/mol. The highest BCUT2D eigenvalue weighted by Gasteiger charge is 2.40. The van der Waals surface area contributed by atoms with Crippen LogP contribution >= 0.6 is 0 Å². The van der Waals surface area contributed by atoms with Crippen molar-refractivity contribution in [1.82, 2.24) is 0 Å². The predicted octanol–water partition coefficient (Wildman–Crippen LogP) is 13.8. The second-order valence-electron chi connectivity index (χ2n) is 16.8. The van der Waals surface area contributed by atoms with Crippen LogP contribution in [0.25, 0.3) is 34.1 Å². The molecule has 0 fully saturated rings. The number of rotatable bonds is 3. The van der Waals surface area contributed by atoms with Crippen LogP contribution in [0.15, 0.2) is 140 Å². The number of fused-ring (bicyclic) bond motifs is 8. The van der Waals surface area contributed by atoms with E-state index < -0.39 is 0 Å². The van der Waals surface area contributed by atoms with Gasteiger partial charge in [0.15, 0.2) is 0 Å². The first-order chi connectivity index (χ1) is 25.5. The Morgan fingerprint density at radius 3 is 1.83 bits per heavy atom. The van der Waals surface area contributed by atoms with Crippen molar-refractivity contribution in [3.05, 3.63) is 184 Å². The molecule has 2 aliphatic heterocycles. The van der Waals surface area contributed by atoms with Crippen molar-refractivity contribution >= 4 is 51.4 Å². The zero-order chi connectivity index (χ0) is 36.3. The van der Waals surface area contributed by atoms with Gasteiger partial charge in [-0.1, -0.05) is 145 Å². The van der Waals surface area contributed by atoms with E-state index in [1.165, 1.54) is 94.8 Å². The van der Waals surface area contributed by atoms with Crippen LogP contribution in [0.3, 0.4) is 0 Å². The molecule has 2 heterocycles. The average molecular weight is 685 g/mol. The fourth-order valence-corrected chi connectivity index (χ4v) is 9.56. The number of para-hydroxylation sites is 2. The molecule has 0 saturated carbocycles. The van der Waals surface area contributed by atoms with E-state index in [1.54, 1.807) is 0 Å². The first kappa shape index (κ1) is 31.8. The van der Waals surface area contributed by atoms with Gasteiger partial charge in [0.2, 0.25) is 0 Å². The highest BCUT2D eigenvalue weighted by molar-refractivity contribution is 5.93. The van der Waals surface area contributed by atoms with Crippen LogP contribution in [-0.4, -0.2) is 0 Å². The smallest absolute Gasteiger partial charge is 0.0503 e. The number of benzene rings is 7. The van der Waals surface area contributed by atoms with Gasteiger partial charge in [0.1, 0.15) is 0 Å². The maximum absolute atomic E-state index is 3.78. The maximum atomic E-state index is 3.78. The first-order valence-corrected chi connectivity index (χ1v) is 18.9. The summed E-state index contributed by atoms with van der Waals surface area (Å²) in [5.74, 6) is 0. The molecule has 0 aromatic heterocycles. The molecule has 1 aliphatic carbocycles. The zero-order valence-electron chi connectivity index (χ0n) is 31.4. The second kappa shape index (κ2) is 11.1. The van der Waals surface area contributed by atoms with E-state index in [0.29, 0.717) is 0 Å². The topological polar surface area (TPSA) is 15.3 Å². The Balaban J connectivity index is 1.01. The van der Waals surface area contributed by atoms with E-state index in [1.807, 2.05) is 0 Å².